The van der Waals surface area contributed by atoms with E-state index >= 15 is 0 Å². The molecule has 3 heterocycles. The van der Waals surface area contributed by atoms with Crippen LogP contribution < -0.4 is 5.73 Å². The van der Waals surface area contributed by atoms with Crippen LogP contribution >= 0.6 is 34.4 Å². The highest BCUT2D eigenvalue weighted by molar-refractivity contribution is 8.00. The van der Waals surface area contributed by atoms with Gasteiger partial charge < -0.3 is 5.73 Å². The number of thiazole rings is 1. The van der Waals surface area contributed by atoms with Crippen molar-refractivity contribution in [3.05, 3.63) is 23.5 Å². The zero-order chi connectivity index (χ0) is 11.0. The van der Waals surface area contributed by atoms with Crippen LogP contribution in [0.1, 0.15) is 5.69 Å². The molecular formula is C8H7N5S3. The maximum absolute atomic E-state index is 5.51. The van der Waals surface area contributed by atoms with Gasteiger partial charge in [-0.2, -0.15) is 0 Å². The molecule has 0 saturated heterocycles. The first-order valence-corrected chi connectivity index (χ1v) is 7.12. The number of thioether (sulfide) groups is 1. The molecule has 82 valence electrons. The van der Waals surface area contributed by atoms with E-state index in [9.17, 15) is 0 Å². The van der Waals surface area contributed by atoms with Crippen molar-refractivity contribution in [2.24, 2.45) is 0 Å². The summed E-state index contributed by atoms with van der Waals surface area (Å²) in [4.78, 5) is 5.50. The van der Waals surface area contributed by atoms with Crippen molar-refractivity contribution in [3.63, 3.8) is 0 Å². The third-order valence-electron chi connectivity index (χ3n) is 1.91. The number of rotatable bonds is 3. The fraction of sp³-hybridized carbons (Fsp3) is 0.125. The molecule has 5 nitrogen and oxygen atoms in total. The molecule has 0 amide bonds. The minimum Gasteiger partial charge on any atom is -0.374 e. The lowest BCUT2D eigenvalue weighted by molar-refractivity contribution is 1.02. The Labute approximate surface area is 103 Å². The minimum atomic E-state index is 0.508. The van der Waals surface area contributed by atoms with Gasteiger partial charge in [0.1, 0.15) is 0 Å². The average Bonchev–Trinajstić information content (AvgIpc) is 2.89. The van der Waals surface area contributed by atoms with Gasteiger partial charge in [0.15, 0.2) is 9.30 Å². The summed E-state index contributed by atoms with van der Waals surface area (Å²) in [5, 5.41) is 10.2. The predicted molar refractivity (Wildman–Crippen MR) is 67.0 cm³/mol. The molecule has 3 aromatic rings. The summed E-state index contributed by atoms with van der Waals surface area (Å²) in [6.45, 7) is 0. The van der Waals surface area contributed by atoms with Gasteiger partial charge in [0.25, 0.3) is 0 Å². The summed E-state index contributed by atoms with van der Waals surface area (Å²) in [6, 6.07) is 0. The molecule has 0 spiro atoms. The van der Waals surface area contributed by atoms with Gasteiger partial charge in [0.05, 0.1) is 5.69 Å². The molecule has 0 radical (unpaired) electrons. The van der Waals surface area contributed by atoms with Crippen molar-refractivity contribution in [2.45, 2.75) is 10.1 Å². The molecule has 0 aromatic carbocycles. The Morgan fingerprint density at radius 3 is 3.12 bits per heavy atom. The third kappa shape index (κ3) is 1.91. The summed E-state index contributed by atoms with van der Waals surface area (Å²) in [5.41, 5.74) is 6.55. The van der Waals surface area contributed by atoms with Gasteiger partial charge in [-0.3, -0.25) is 4.40 Å². The summed E-state index contributed by atoms with van der Waals surface area (Å²) in [7, 11) is 0. The van der Waals surface area contributed by atoms with E-state index in [1.807, 2.05) is 22.2 Å². The Balaban J connectivity index is 1.73. The van der Waals surface area contributed by atoms with Gasteiger partial charge in [-0.1, -0.05) is 23.1 Å². The van der Waals surface area contributed by atoms with E-state index in [-0.39, 0.29) is 0 Å². The maximum Gasteiger partial charge on any atom is 0.203 e. The number of nitrogens with two attached hydrogens (primary N) is 1. The van der Waals surface area contributed by atoms with Crippen molar-refractivity contribution in [3.8, 4) is 0 Å². The number of hydrogen-bond donors (Lipinski definition) is 1. The summed E-state index contributed by atoms with van der Waals surface area (Å²) in [5.74, 6) is 0.795. The fourth-order valence-electron chi connectivity index (χ4n) is 1.26. The lowest BCUT2D eigenvalue weighted by atomic mass is 10.6. The van der Waals surface area contributed by atoms with Crippen LogP contribution in [0.25, 0.3) is 4.96 Å². The number of nitrogen functional groups attached to an aromatic ring is 1. The molecule has 0 saturated carbocycles. The van der Waals surface area contributed by atoms with Crippen LogP contribution in [0.5, 0.6) is 0 Å². The van der Waals surface area contributed by atoms with E-state index < -0.39 is 0 Å². The zero-order valence-electron chi connectivity index (χ0n) is 8.03. The van der Waals surface area contributed by atoms with Crippen molar-refractivity contribution in [1.82, 2.24) is 19.6 Å². The molecule has 0 unspecified atom stereocenters. The van der Waals surface area contributed by atoms with Gasteiger partial charge in [-0.25, -0.2) is 4.98 Å². The number of fused-ring (bicyclic) bond motifs is 1. The van der Waals surface area contributed by atoms with Crippen LogP contribution in [0, 0.1) is 0 Å². The Morgan fingerprint density at radius 1 is 1.44 bits per heavy atom. The summed E-state index contributed by atoms with van der Waals surface area (Å²) >= 11 is 4.64. The monoisotopic (exact) mass is 269 g/mol. The lowest BCUT2D eigenvalue weighted by Gasteiger charge is -1.90. The summed E-state index contributed by atoms with van der Waals surface area (Å²) in [6.07, 6.45) is 4.04. The van der Waals surface area contributed by atoms with E-state index in [0.29, 0.717) is 5.13 Å². The maximum atomic E-state index is 5.51. The number of anilines is 1. The van der Waals surface area contributed by atoms with Crippen LogP contribution in [0.15, 0.2) is 22.1 Å². The molecular weight excluding hydrogens is 262 g/mol. The molecule has 3 rings (SSSR count). The first-order chi connectivity index (χ1) is 7.81. The zero-order valence-corrected chi connectivity index (χ0v) is 10.5. The second kappa shape index (κ2) is 4.04. The Bertz CT molecular complexity index is 581. The van der Waals surface area contributed by atoms with E-state index in [1.54, 1.807) is 23.1 Å². The molecule has 0 atom stereocenters. The number of imidazole rings is 1. The molecule has 16 heavy (non-hydrogen) atoms. The van der Waals surface area contributed by atoms with Crippen molar-refractivity contribution >= 4 is 44.5 Å². The standard InChI is InChI=1S/C8H7N5S3/c9-6-11-12-8(16-6)15-4-5-3-13-1-2-14-7(13)10-5/h1-3H,4H2,(H2,9,11). The number of nitrogens with zero attached hydrogens (tertiary/aromatic N) is 4. The van der Waals surface area contributed by atoms with E-state index in [2.05, 4.69) is 15.2 Å². The van der Waals surface area contributed by atoms with Gasteiger partial charge in [-0.05, 0) is 0 Å². The van der Waals surface area contributed by atoms with E-state index in [4.69, 9.17) is 5.73 Å². The van der Waals surface area contributed by atoms with Gasteiger partial charge >= 0.3 is 0 Å². The number of hydrogen-bond acceptors (Lipinski definition) is 7. The van der Waals surface area contributed by atoms with Crippen LogP contribution in [0.4, 0.5) is 5.13 Å². The summed E-state index contributed by atoms with van der Waals surface area (Å²) < 4.78 is 2.91. The van der Waals surface area contributed by atoms with Crippen LogP contribution in [0.3, 0.4) is 0 Å². The Kier molecular flexibility index (Phi) is 2.54. The normalized spacial score (nSPS) is 11.2. The number of aromatic nitrogens is 4. The fourth-order valence-corrected chi connectivity index (χ4v) is 3.50. The highest BCUT2D eigenvalue weighted by Crippen LogP contribution is 2.26. The molecule has 8 heteroatoms. The van der Waals surface area contributed by atoms with Crippen LogP contribution in [0.2, 0.25) is 0 Å². The highest BCUT2D eigenvalue weighted by atomic mass is 32.2. The average molecular weight is 269 g/mol. The smallest absolute Gasteiger partial charge is 0.203 e. The van der Waals surface area contributed by atoms with Crippen molar-refractivity contribution in [1.29, 1.82) is 0 Å². The van der Waals surface area contributed by atoms with E-state index in [0.717, 1.165) is 20.7 Å². The van der Waals surface area contributed by atoms with Gasteiger partial charge in [0, 0.05) is 23.5 Å². The first-order valence-electron chi connectivity index (χ1n) is 4.44. The molecule has 0 bridgehead atoms. The molecule has 0 aliphatic heterocycles. The second-order valence-electron chi connectivity index (χ2n) is 3.02. The van der Waals surface area contributed by atoms with Crippen molar-refractivity contribution in [2.75, 3.05) is 5.73 Å². The largest absolute Gasteiger partial charge is 0.374 e. The SMILES string of the molecule is Nc1nnc(SCc2cn3ccsc3n2)s1. The molecule has 0 aliphatic carbocycles. The van der Waals surface area contributed by atoms with Crippen LogP contribution in [-0.4, -0.2) is 19.6 Å². The molecule has 2 N–H and O–H groups in total. The minimum absolute atomic E-state index is 0.508. The molecule has 3 aromatic heterocycles. The lowest BCUT2D eigenvalue weighted by Crippen LogP contribution is -1.80. The van der Waals surface area contributed by atoms with E-state index in [1.165, 1.54) is 11.3 Å². The second-order valence-corrected chi connectivity index (χ2v) is 6.12. The predicted octanol–water partition coefficient (Wildman–Crippen LogP) is 2.12. The Morgan fingerprint density at radius 2 is 2.38 bits per heavy atom. The first kappa shape index (κ1) is 10.1. The Hall–Kier alpha value is -1.12. The quantitative estimate of drug-likeness (QED) is 0.738. The third-order valence-corrected chi connectivity index (χ3v) is 4.60. The van der Waals surface area contributed by atoms with Crippen LogP contribution in [-0.2, 0) is 5.75 Å². The molecule has 0 fully saturated rings. The van der Waals surface area contributed by atoms with Gasteiger partial charge in [-0.15, -0.1) is 21.5 Å². The van der Waals surface area contributed by atoms with Crippen molar-refractivity contribution < 1.29 is 0 Å². The highest BCUT2D eigenvalue weighted by Gasteiger charge is 2.06. The topological polar surface area (TPSA) is 69.1 Å². The molecule has 0 aliphatic rings. The van der Waals surface area contributed by atoms with Gasteiger partial charge in [0.2, 0.25) is 5.13 Å².